The SMILES string of the molecule is c1cc(NC2CC3CC3C2)ccn1. The zero-order valence-electron chi connectivity index (χ0n) is 7.61. The Bertz CT molecular complexity index is 286. The van der Waals surface area contributed by atoms with Gasteiger partial charge in [0, 0.05) is 24.1 Å². The average Bonchev–Trinajstić information content (AvgIpc) is 2.76. The lowest BCUT2D eigenvalue weighted by molar-refractivity contribution is 0.651. The fourth-order valence-corrected chi connectivity index (χ4v) is 2.52. The van der Waals surface area contributed by atoms with E-state index in [0.29, 0.717) is 0 Å². The van der Waals surface area contributed by atoms with Gasteiger partial charge in [0.1, 0.15) is 0 Å². The lowest BCUT2D eigenvalue weighted by Crippen LogP contribution is -2.16. The molecule has 2 saturated carbocycles. The summed E-state index contributed by atoms with van der Waals surface area (Å²) in [4.78, 5) is 4.00. The first kappa shape index (κ1) is 7.36. The largest absolute Gasteiger partial charge is 0.382 e. The maximum Gasteiger partial charge on any atom is 0.0373 e. The number of pyridine rings is 1. The fraction of sp³-hybridized carbons (Fsp3) is 0.545. The van der Waals surface area contributed by atoms with Crippen molar-refractivity contribution in [2.75, 3.05) is 5.32 Å². The summed E-state index contributed by atoms with van der Waals surface area (Å²) in [5.74, 6) is 2.11. The molecule has 2 aliphatic carbocycles. The van der Waals surface area contributed by atoms with Crippen LogP contribution in [0, 0.1) is 11.8 Å². The lowest BCUT2D eigenvalue weighted by atomic mass is 10.1. The van der Waals surface area contributed by atoms with Gasteiger partial charge in [-0.2, -0.15) is 0 Å². The summed E-state index contributed by atoms with van der Waals surface area (Å²) in [6.07, 6.45) is 7.95. The third-order valence-electron chi connectivity index (χ3n) is 3.29. The summed E-state index contributed by atoms with van der Waals surface area (Å²) in [7, 11) is 0. The Hall–Kier alpha value is -1.05. The molecule has 3 rings (SSSR count). The van der Waals surface area contributed by atoms with Gasteiger partial charge < -0.3 is 5.32 Å². The molecule has 2 atom stereocenters. The van der Waals surface area contributed by atoms with E-state index in [2.05, 4.69) is 10.3 Å². The van der Waals surface area contributed by atoms with Crippen LogP contribution in [0.15, 0.2) is 24.5 Å². The minimum absolute atomic E-state index is 0.728. The van der Waals surface area contributed by atoms with Crippen LogP contribution in [-0.4, -0.2) is 11.0 Å². The van der Waals surface area contributed by atoms with E-state index in [9.17, 15) is 0 Å². The van der Waals surface area contributed by atoms with Crippen molar-refractivity contribution in [3.63, 3.8) is 0 Å². The number of aromatic nitrogens is 1. The van der Waals surface area contributed by atoms with E-state index in [-0.39, 0.29) is 0 Å². The van der Waals surface area contributed by atoms with Crippen molar-refractivity contribution in [1.29, 1.82) is 0 Å². The fourth-order valence-electron chi connectivity index (χ4n) is 2.52. The predicted octanol–water partition coefficient (Wildman–Crippen LogP) is 2.29. The maximum absolute atomic E-state index is 4.00. The van der Waals surface area contributed by atoms with Crippen LogP contribution in [0.2, 0.25) is 0 Å². The molecule has 68 valence electrons. The zero-order chi connectivity index (χ0) is 8.67. The third-order valence-corrected chi connectivity index (χ3v) is 3.29. The highest BCUT2D eigenvalue weighted by Gasteiger charge is 2.45. The molecular formula is C11H14N2. The number of anilines is 1. The van der Waals surface area contributed by atoms with Gasteiger partial charge in [0.25, 0.3) is 0 Å². The maximum atomic E-state index is 4.00. The molecular weight excluding hydrogens is 160 g/mol. The molecule has 2 heteroatoms. The summed E-state index contributed by atoms with van der Waals surface area (Å²) in [5.41, 5.74) is 1.22. The molecule has 2 unspecified atom stereocenters. The molecule has 1 heterocycles. The molecule has 0 amide bonds. The van der Waals surface area contributed by atoms with Gasteiger partial charge in [-0.3, -0.25) is 4.98 Å². The van der Waals surface area contributed by atoms with Crippen molar-refractivity contribution >= 4 is 5.69 Å². The molecule has 0 radical (unpaired) electrons. The van der Waals surface area contributed by atoms with Crippen LogP contribution in [0.3, 0.4) is 0 Å². The Morgan fingerprint density at radius 2 is 1.77 bits per heavy atom. The van der Waals surface area contributed by atoms with E-state index >= 15 is 0 Å². The molecule has 13 heavy (non-hydrogen) atoms. The summed E-state index contributed by atoms with van der Waals surface area (Å²) < 4.78 is 0. The zero-order valence-corrected chi connectivity index (χ0v) is 7.61. The first-order valence-electron chi connectivity index (χ1n) is 5.08. The Morgan fingerprint density at radius 3 is 2.46 bits per heavy atom. The summed E-state index contributed by atoms with van der Waals surface area (Å²) in [5, 5.41) is 3.56. The molecule has 1 aromatic heterocycles. The molecule has 0 saturated heterocycles. The van der Waals surface area contributed by atoms with Crippen LogP contribution in [0.1, 0.15) is 19.3 Å². The number of nitrogens with one attached hydrogen (secondary N) is 1. The van der Waals surface area contributed by atoms with Crippen LogP contribution < -0.4 is 5.32 Å². The van der Waals surface area contributed by atoms with Gasteiger partial charge in [-0.1, -0.05) is 0 Å². The van der Waals surface area contributed by atoms with Crippen molar-refractivity contribution in [2.24, 2.45) is 11.8 Å². The van der Waals surface area contributed by atoms with E-state index in [1.54, 1.807) is 0 Å². The van der Waals surface area contributed by atoms with Gasteiger partial charge in [0.2, 0.25) is 0 Å². The van der Waals surface area contributed by atoms with Gasteiger partial charge >= 0.3 is 0 Å². The monoisotopic (exact) mass is 174 g/mol. The second-order valence-electron chi connectivity index (χ2n) is 4.30. The number of rotatable bonds is 2. The van der Waals surface area contributed by atoms with E-state index < -0.39 is 0 Å². The van der Waals surface area contributed by atoms with Crippen molar-refractivity contribution in [3.05, 3.63) is 24.5 Å². The van der Waals surface area contributed by atoms with Crippen LogP contribution >= 0.6 is 0 Å². The predicted molar refractivity (Wildman–Crippen MR) is 52.5 cm³/mol. The molecule has 2 fully saturated rings. The second-order valence-corrected chi connectivity index (χ2v) is 4.30. The van der Waals surface area contributed by atoms with E-state index in [4.69, 9.17) is 0 Å². The topological polar surface area (TPSA) is 24.9 Å². The Morgan fingerprint density at radius 1 is 1.08 bits per heavy atom. The highest BCUT2D eigenvalue weighted by Crippen LogP contribution is 2.52. The van der Waals surface area contributed by atoms with Crippen molar-refractivity contribution in [3.8, 4) is 0 Å². The summed E-state index contributed by atoms with van der Waals surface area (Å²) in [6, 6.07) is 4.82. The quantitative estimate of drug-likeness (QED) is 0.744. The number of fused-ring (bicyclic) bond motifs is 1. The smallest absolute Gasteiger partial charge is 0.0373 e. The highest BCUT2D eigenvalue weighted by molar-refractivity contribution is 5.42. The highest BCUT2D eigenvalue weighted by atomic mass is 14.9. The number of nitrogens with zero attached hydrogens (tertiary/aromatic N) is 1. The lowest BCUT2D eigenvalue weighted by Gasteiger charge is -2.14. The molecule has 0 aromatic carbocycles. The molecule has 0 bridgehead atoms. The van der Waals surface area contributed by atoms with Crippen molar-refractivity contribution in [1.82, 2.24) is 4.98 Å². The normalized spacial score (nSPS) is 35.5. The van der Waals surface area contributed by atoms with Crippen LogP contribution in [0.25, 0.3) is 0 Å². The number of hydrogen-bond donors (Lipinski definition) is 1. The molecule has 2 aliphatic rings. The molecule has 0 aliphatic heterocycles. The average molecular weight is 174 g/mol. The molecule has 1 N–H and O–H groups in total. The van der Waals surface area contributed by atoms with Crippen molar-refractivity contribution < 1.29 is 0 Å². The first-order chi connectivity index (χ1) is 6.42. The second kappa shape index (κ2) is 2.72. The third kappa shape index (κ3) is 1.41. The number of hydrogen-bond acceptors (Lipinski definition) is 2. The minimum atomic E-state index is 0.728. The van der Waals surface area contributed by atoms with Crippen molar-refractivity contribution in [2.45, 2.75) is 25.3 Å². The van der Waals surface area contributed by atoms with Crippen LogP contribution in [-0.2, 0) is 0 Å². The Balaban J connectivity index is 1.63. The molecule has 2 nitrogen and oxygen atoms in total. The minimum Gasteiger partial charge on any atom is -0.382 e. The Labute approximate surface area is 78.4 Å². The molecule has 1 aromatic rings. The first-order valence-corrected chi connectivity index (χ1v) is 5.08. The van der Waals surface area contributed by atoms with Gasteiger partial charge in [-0.25, -0.2) is 0 Å². The summed E-state index contributed by atoms with van der Waals surface area (Å²) in [6.45, 7) is 0. The van der Waals surface area contributed by atoms with Crippen LogP contribution in [0.5, 0.6) is 0 Å². The van der Waals surface area contributed by atoms with E-state index in [1.807, 2.05) is 24.5 Å². The van der Waals surface area contributed by atoms with Gasteiger partial charge in [0.15, 0.2) is 0 Å². The van der Waals surface area contributed by atoms with Crippen LogP contribution in [0.4, 0.5) is 5.69 Å². The molecule has 0 spiro atoms. The van der Waals surface area contributed by atoms with Gasteiger partial charge in [-0.05, 0) is 43.2 Å². The Kier molecular flexibility index (Phi) is 1.54. The van der Waals surface area contributed by atoms with E-state index in [0.717, 1.165) is 17.9 Å². The van der Waals surface area contributed by atoms with E-state index in [1.165, 1.54) is 24.9 Å². The standard InChI is InChI=1S/C11H14N2/c1-3-12-4-2-10(1)13-11-6-8-5-9(8)7-11/h1-4,8-9,11H,5-7H2,(H,12,13). The summed E-state index contributed by atoms with van der Waals surface area (Å²) >= 11 is 0. The van der Waals surface area contributed by atoms with Gasteiger partial charge in [0.05, 0.1) is 0 Å². The van der Waals surface area contributed by atoms with Gasteiger partial charge in [-0.15, -0.1) is 0 Å².